The number of fused-ring (bicyclic) bond motifs is 3. The number of benzene rings is 1. The summed E-state index contributed by atoms with van der Waals surface area (Å²) in [7, 11) is 0. The van der Waals surface area contributed by atoms with E-state index in [0.29, 0.717) is 0 Å². The first-order chi connectivity index (χ1) is 8.35. The number of para-hydroxylation sites is 1. The SMILES string of the molecule is CCC1CCc2c([nH]c3ccccc23)C1CC. The van der Waals surface area contributed by atoms with E-state index in [1.165, 1.54) is 42.3 Å². The van der Waals surface area contributed by atoms with Crippen LogP contribution in [0, 0.1) is 5.92 Å². The number of hydrogen-bond donors (Lipinski definition) is 1. The van der Waals surface area contributed by atoms with Gasteiger partial charge in [0.15, 0.2) is 0 Å². The molecule has 2 unspecified atom stereocenters. The first-order valence-corrected chi connectivity index (χ1v) is 6.94. The van der Waals surface area contributed by atoms with E-state index >= 15 is 0 Å². The molecule has 0 aliphatic heterocycles. The van der Waals surface area contributed by atoms with Gasteiger partial charge in [-0.3, -0.25) is 0 Å². The van der Waals surface area contributed by atoms with Crippen molar-refractivity contribution in [1.29, 1.82) is 0 Å². The summed E-state index contributed by atoms with van der Waals surface area (Å²) in [6, 6.07) is 8.76. The van der Waals surface area contributed by atoms with Crippen LogP contribution in [-0.2, 0) is 6.42 Å². The van der Waals surface area contributed by atoms with Crippen molar-refractivity contribution in [3.63, 3.8) is 0 Å². The molecule has 0 saturated heterocycles. The minimum atomic E-state index is 0.746. The first kappa shape index (κ1) is 10.9. The molecule has 1 aromatic carbocycles. The van der Waals surface area contributed by atoms with Crippen LogP contribution in [0.4, 0.5) is 0 Å². The Labute approximate surface area is 103 Å². The molecular formula is C16H21N. The van der Waals surface area contributed by atoms with Gasteiger partial charge in [-0.25, -0.2) is 0 Å². The fourth-order valence-electron chi connectivity index (χ4n) is 3.60. The summed E-state index contributed by atoms with van der Waals surface area (Å²) in [5, 5.41) is 1.45. The number of hydrogen-bond acceptors (Lipinski definition) is 0. The minimum absolute atomic E-state index is 0.746. The monoisotopic (exact) mass is 227 g/mol. The molecule has 2 aromatic rings. The van der Waals surface area contributed by atoms with Crippen molar-refractivity contribution in [2.24, 2.45) is 5.92 Å². The van der Waals surface area contributed by atoms with Gasteiger partial charge in [0, 0.05) is 22.5 Å². The maximum Gasteiger partial charge on any atom is 0.0459 e. The number of aromatic amines is 1. The number of rotatable bonds is 2. The first-order valence-electron chi connectivity index (χ1n) is 6.94. The quantitative estimate of drug-likeness (QED) is 0.769. The maximum atomic E-state index is 3.68. The third-order valence-electron chi connectivity index (χ3n) is 4.52. The van der Waals surface area contributed by atoms with E-state index < -0.39 is 0 Å². The zero-order chi connectivity index (χ0) is 11.8. The second kappa shape index (κ2) is 4.21. The Bertz CT molecular complexity index is 523. The van der Waals surface area contributed by atoms with Crippen LogP contribution < -0.4 is 0 Å². The molecule has 17 heavy (non-hydrogen) atoms. The van der Waals surface area contributed by atoms with Crippen molar-refractivity contribution >= 4 is 10.9 Å². The molecule has 90 valence electrons. The highest BCUT2D eigenvalue weighted by Crippen LogP contribution is 2.42. The van der Waals surface area contributed by atoms with Gasteiger partial charge in [0.2, 0.25) is 0 Å². The highest BCUT2D eigenvalue weighted by atomic mass is 14.7. The molecule has 0 spiro atoms. The molecule has 0 radical (unpaired) electrons. The van der Waals surface area contributed by atoms with Crippen LogP contribution in [0.5, 0.6) is 0 Å². The lowest BCUT2D eigenvalue weighted by atomic mass is 9.75. The van der Waals surface area contributed by atoms with Gasteiger partial charge in [-0.1, -0.05) is 38.5 Å². The molecule has 1 aliphatic carbocycles. The van der Waals surface area contributed by atoms with Crippen molar-refractivity contribution in [3.05, 3.63) is 35.5 Å². The van der Waals surface area contributed by atoms with Crippen LogP contribution in [0.3, 0.4) is 0 Å². The Morgan fingerprint density at radius 3 is 2.76 bits per heavy atom. The Morgan fingerprint density at radius 1 is 1.18 bits per heavy atom. The number of H-pyrrole nitrogens is 1. The molecule has 1 heterocycles. The Balaban J connectivity index is 2.16. The molecule has 1 aromatic heterocycles. The molecule has 1 aliphatic rings. The third kappa shape index (κ3) is 1.60. The highest BCUT2D eigenvalue weighted by molar-refractivity contribution is 5.85. The van der Waals surface area contributed by atoms with Gasteiger partial charge in [0.25, 0.3) is 0 Å². The van der Waals surface area contributed by atoms with Crippen LogP contribution in [0.15, 0.2) is 24.3 Å². The number of nitrogens with one attached hydrogen (secondary N) is 1. The van der Waals surface area contributed by atoms with Gasteiger partial charge in [-0.05, 0) is 36.8 Å². The van der Waals surface area contributed by atoms with E-state index in [2.05, 4.69) is 43.1 Å². The topological polar surface area (TPSA) is 15.8 Å². The zero-order valence-corrected chi connectivity index (χ0v) is 10.8. The summed E-state index contributed by atoms with van der Waals surface area (Å²) < 4.78 is 0. The van der Waals surface area contributed by atoms with Gasteiger partial charge in [-0.15, -0.1) is 0 Å². The predicted octanol–water partition coefficient (Wildman–Crippen LogP) is 4.63. The summed E-state index contributed by atoms with van der Waals surface area (Å²) in [6.45, 7) is 4.66. The fraction of sp³-hybridized carbons (Fsp3) is 0.500. The van der Waals surface area contributed by atoms with Gasteiger partial charge in [-0.2, -0.15) is 0 Å². The van der Waals surface area contributed by atoms with Crippen molar-refractivity contribution in [2.45, 2.75) is 45.4 Å². The fourth-order valence-corrected chi connectivity index (χ4v) is 3.60. The van der Waals surface area contributed by atoms with Gasteiger partial charge in [0.05, 0.1) is 0 Å². The zero-order valence-electron chi connectivity index (χ0n) is 10.8. The van der Waals surface area contributed by atoms with Crippen molar-refractivity contribution in [2.75, 3.05) is 0 Å². The average Bonchev–Trinajstić information content (AvgIpc) is 2.75. The normalized spacial score (nSPS) is 23.9. The van der Waals surface area contributed by atoms with E-state index in [4.69, 9.17) is 0 Å². The summed E-state index contributed by atoms with van der Waals surface area (Å²) in [5.74, 6) is 1.62. The Hall–Kier alpha value is -1.24. The Morgan fingerprint density at radius 2 is 2.00 bits per heavy atom. The second-order valence-electron chi connectivity index (χ2n) is 5.28. The van der Waals surface area contributed by atoms with Crippen molar-refractivity contribution in [1.82, 2.24) is 4.98 Å². The summed E-state index contributed by atoms with van der Waals surface area (Å²) in [5.41, 5.74) is 4.46. The van der Waals surface area contributed by atoms with E-state index in [1.807, 2.05) is 0 Å². The van der Waals surface area contributed by atoms with Gasteiger partial charge < -0.3 is 4.98 Å². The smallest absolute Gasteiger partial charge is 0.0459 e. The average molecular weight is 227 g/mol. The van der Waals surface area contributed by atoms with Crippen LogP contribution >= 0.6 is 0 Å². The number of aromatic nitrogens is 1. The molecule has 0 amide bonds. The molecule has 0 fully saturated rings. The van der Waals surface area contributed by atoms with Crippen LogP contribution in [0.1, 0.15) is 50.3 Å². The van der Waals surface area contributed by atoms with Crippen LogP contribution in [0.2, 0.25) is 0 Å². The molecule has 1 nitrogen and oxygen atoms in total. The second-order valence-corrected chi connectivity index (χ2v) is 5.28. The van der Waals surface area contributed by atoms with Crippen LogP contribution in [-0.4, -0.2) is 4.98 Å². The van der Waals surface area contributed by atoms with E-state index in [9.17, 15) is 0 Å². The molecule has 1 N–H and O–H groups in total. The van der Waals surface area contributed by atoms with Crippen molar-refractivity contribution in [3.8, 4) is 0 Å². The van der Waals surface area contributed by atoms with Gasteiger partial charge >= 0.3 is 0 Å². The summed E-state index contributed by atoms with van der Waals surface area (Å²) in [4.78, 5) is 3.68. The molecular weight excluding hydrogens is 206 g/mol. The lowest BCUT2D eigenvalue weighted by Crippen LogP contribution is -2.19. The predicted molar refractivity (Wildman–Crippen MR) is 73.4 cm³/mol. The molecule has 3 rings (SSSR count). The molecule has 1 heteroatoms. The maximum absolute atomic E-state index is 3.68. The van der Waals surface area contributed by atoms with Gasteiger partial charge in [0.1, 0.15) is 0 Å². The summed E-state index contributed by atoms with van der Waals surface area (Å²) in [6.07, 6.45) is 5.20. The third-order valence-corrected chi connectivity index (χ3v) is 4.52. The lowest BCUT2D eigenvalue weighted by Gasteiger charge is -2.30. The number of aryl methyl sites for hydroxylation is 1. The van der Waals surface area contributed by atoms with E-state index in [-0.39, 0.29) is 0 Å². The molecule has 0 saturated carbocycles. The summed E-state index contributed by atoms with van der Waals surface area (Å²) >= 11 is 0. The highest BCUT2D eigenvalue weighted by Gasteiger charge is 2.29. The minimum Gasteiger partial charge on any atom is -0.358 e. The van der Waals surface area contributed by atoms with E-state index in [1.54, 1.807) is 5.56 Å². The largest absolute Gasteiger partial charge is 0.358 e. The Kier molecular flexibility index (Phi) is 2.70. The van der Waals surface area contributed by atoms with Crippen LogP contribution in [0.25, 0.3) is 10.9 Å². The molecule has 0 bridgehead atoms. The molecule has 2 atom stereocenters. The van der Waals surface area contributed by atoms with Crippen molar-refractivity contribution < 1.29 is 0 Å². The lowest BCUT2D eigenvalue weighted by molar-refractivity contribution is 0.349. The van der Waals surface area contributed by atoms with E-state index in [0.717, 1.165) is 11.8 Å². The standard InChI is InChI=1S/C16H21N/c1-3-11-9-10-14-13-7-5-6-8-15(13)17-16(14)12(11)4-2/h5-8,11-12,17H,3-4,9-10H2,1-2H3.